The van der Waals surface area contributed by atoms with Gasteiger partial charge in [-0.15, -0.1) is 0 Å². The second kappa shape index (κ2) is 12.5. The summed E-state index contributed by atoms with van der Waals surface area (Å²) in [6.45, 7) is 16.9. The summed E-state index contributed by atoms with van der Waals surface area (Å²) < 4.78 is 10.9. The Balaban J connectivity index is 0.000000221. The molecule has 12 heteroatoms. The number of hydrogen-bond donors (Lipinski definition) is 4. The van der Waals surface area contributed by atoms with Crippen LogP contribution in [0.25, 0.3) is 0 Å². The molecule has 0 atom stereocenters. The molecule has 4 rings (SSSR count). The Kier molecular flexibility index (Phi) is 10.4. The maximum Gasteiger partial charge on any atom is 0.414 e. The first-order chi connectivity index (χ1) is 17.5. The normalized spacial score (nSPS) is 21.4. The molecule has 4 N–H and O–H groups in total. The van der Waals surface area contributed by atoms with E-state index in [-0.39, 0.29) is 23.3 Å². The van der Waals surface area contributed by atoms with Crippen LogP contribution in [0.1, 0.15) is 80.1 Å². The average Bonchev–Trinajstić information content (AvgIpc) is 2.75. The Morgan fingerprint density at radius 2 is 0.947 bits per heavy atom. The number of aliphatic carboxylic acids is 2. The lowest BCUT2D eigenvalue weighted by molar-refractivity contribution is -0.159. The summed E-state index contributed by atoms with van der Waals surface area (Å²) in [5, 5.41) is 21.3. The number of nitrogens with zero attached hydrogens (tertiary/aromatic N) is 2. The molecule has 0 bridgehead atoms. The number of carbonyl (C=O) groups is 4. The lowest BCUT2D eigenvalue weighted by atomic mass is 9.82. The van der Waals surface area contributed by atoms with Crippen molar-refractivity contribution in [1.29, 1.82) is 0 Å². The van der Waals surface area contributed by atoms with Crippen LogP contribution in [0.3, 0.4) is 0 Å². The monoisotopic (exact) mass is 542 g/mol. The molecular formula is C26H46N4O8. The van der Waals surface area contributed by atoms with Gasteiger partial charge in [-0.2, -0.15) is 0 Å². The van der Waals surface area contributed by atoms with Crippen LogP contribution < -0.4 is 10.6 Å². The van der Waals surface area contributed by atoms with Gasteiger partial charge in [-0.25, -0.2) is 19.2 Å². The van der Waals surface area contributed by atoms with Gasteiger partial charge in [0.05, 0.1) is 11.1 Å². The van der Waals surface area contributed by atoms with Crippen molar-refractivity contribution in [3.05, 3.63) is 0 Å². The quantitative estimate of drug-likeness (QED) is 0.335. The Morgan fingerprint density at radius 1 is 0.632 bits per heavy atom. The number of carbonyl (C=O) groups excluding carboxylic acids is 2. The van der Waals surface area contributed by atoms with E-state index < -0.39 is 23.1 Å². The Labute approximate surface area is 225 Å². The standard InChI is InChI=1S/2C12H22N2O2.C2H2O4/c2*1-11(2,3)16-10(15)14-7-5-4-6-12(14)8-13-9-12;3-1(4)2(5)6/h2*13H,4-9H2,1-3H3;(H,3,4)(H,5,6). The van der Waals surface area contributed by atoms with Gasteiger partial charge < -0.3 is 30.3 Å². The first-order valence-corrected chi connectivity index (χ1v) is 13.4. The third-order valence-electron chi connectivity index (χ3n) is 6.92. The molecule has 4 saturated heterocycles. The molecule has 0 unspecified atom stereocenters. The van der Waals surface area contributed by atoms with Crippen molar-refractivity contribution in [2.24, 2.45) is 0 Å². The number of carboxylic acids is 2. The first-order valence-electron chi connectivity index (χ1n) is 13.4. The fourth-order valence-electron chi connectivity index (χ4n) is 4.96. The van der Waals surface area contributed by atoms with Gasteiger partial charge in [-0.3, -0.25) is 9.80 Å². The summed E-state index contributed by atoms with van der Waals surface area (Å²) in [4.78, 5) is 46.3. The van der Waals surface area contributed by atoms with E-state index in [0.717, 1.165) is 65.0 Å². The lowest BCUT2D eigenvalue weighted by Crippen LogP contribution is -2.71. The van der Waals surface area contributed by atoms with Gasteiger partial charge >= 0.3 is 24.1 Å². The van der Waals surface area contributed by atoms with Crippen molar-refractivity contribution in [1.82, 2.24) is 20.4 Å². The van der Waals surface area contributed by atoms with Gasteiger partial charge in [0.25, 0.3) is 0 Å². The minimum absolute atomic E-state index is 0.0561. The van der Waals surface area contributed by atoms with Gasteiger partial charge in [0.15, 0.2) is 0 Å². The van der Waals surface area contributed by atoms with E-state index in [1.165, 1.54) is 12.8 Å². The molecule has 4 aliphatic rings. The average molecular weight is 543 g/mol. The highest BCUT2D eigenvalue weighted by atomic mass is 16.6. The van der Waals surface area contributed by atoms with E-state index in [0.29, 0.717) is 0 Å². The summed E-state index contributed by atoms with van der Waals surface area (Å²) in [6, 6.07) is 0. The number of rotatable bonds is 0. The van der Waals surface area contributed by atoms with Gasteiger partial charge in [0.2, 0.25) is 0 Å². The van der Waals surface area contributed by atoms with Gasteiger partial charge in [-0.1, -0.05) is 0 Å². The number of piperidine rings is 2. The fraction of sp³-hybridized carbons (Fsp3) is 0.846. The van der Waals surface area contributed by atoms with Crippen LogP contribution in [0.15, 0.2) is 0 Å². The van der Waals surface area contributed by atoms with Crippen molar-refractivity contribution < 1.29 is 38.9 Å². The van der Waals surface area contributed by atoms with Gasteiger partial charge in [0.1, 0.15) is 11.2 Å². The predicted molar refractivity (Wildman–Crippen MR) is 140 cm³/mol. The molecule has 0 radical (unpaired) electrons. The molecule has 2 amide bonds. The van der Waals surface area contributed by atoms with Crippen LogP contribution in [-0.2, 0) is 19.1 Å². The van der Waals surface area contributed by atoms with E-state index in [2.05, 4.69) is 10.6 Å². The molecule has 4 heterocycles. The van der Waals surface area contributed by atoms with E-state index in [1.54, 1.807) is 0 Å². The summed E-state index contributed by atoms with van der Waals surface area (Å²) >= 11 is 0. The SMILES string of the molecule is CC(C)(C)OC(=O)N1CCCCC12CNC2.CC(C)(C)OC(=O)N1CCCCC12CNC2.O=C(O)C(=O)O. The van der Waals surface area contributed by atoms with Crippen molar-refractivity contribution >= 4 is 24.1 Å². The number of ether oxygens (including phenoxy) is 2. The molecule has 0 aromatic carbocycles. The van der Waals surface area contributed by atoms with Crippen LogP contribution in [-0.4, -0.2) is 106 Å². The fourth-order valence-corrected chi connectivity index (χ4v) is 4.96. The first kappa shape index (κ1) is 31.6. The highest BCUT2D eigenvalue weighted by molar-refractivity contribution is 6.27. The lowest BCUT2D eigenvalue weighted by Gasteiger charge is -2.53. The van der Waals surface area contributed by atoms with Crippen LogP contribution in [0.5, 0.6) is 0 Å². The van der Waals surface area contributed by atoms with E-state index in [1.807, 2.05) is 51.3 Å². The Hall–Kier alpha value is -2.60. The van der Waals surface area contributed by atoms with Gasteiger partial charge in [0, 0.05) is 39.3 Å². The second-order valence-corrected chi connectivity index (χ2v) is 12.4. The van der Waals surface area contributed by atoms with Crippen molar-refractivity contribution in [3.63, 3.8) is 0 Å². The maximum absolute atomic E-state index is 12.1. The van der Waals surface area contributed by atoms with E-state index in [4.69, 9.17) is 29.3 Å². The number of nitrogens with one attached hydrogen (secondary N) is 2. The molecular weight excluding hydrogens is 496 g/mol. The Morgan fingerprint density at radius 3 is 1.16 bits per heavy atom. The highest BCUT2D eigenvalue weighted by Crippen LogP contribution is 2.33. The molecule has 12 nitrogen and oxygen atoms in total. The minimum Gasteiger partial charge on any atom is -0.473 e. The zero-order valence-corrected chi connectivity index (χ0v) is 23.7. The second-order valence-electron chi connectivity index (χ2n) is 12.4. The summed E-state index contributed by atoms with van der Waals surface area (Å²) in [5.41, 5.74) is -0.680. The van der Waals surface area contributed by atoms with Crippen LogP contribution in [0, 0.1) is 0 Å². The molecule has 38 heavy (non-hydrogen) atoms. The number of hydrogen-bond acceptors (Lipinski definition) is 8. The minimum atomic E-state index is -1.82. The largest absolute Gasteiger partial charge is 0.473 e. The summed E-state index contributed by atoms with van der Waals surface area (Å²) in [6.07, 6.45) is 6.57. The zero-order valence-electron chi connectivity index (χ0n) is 23.7. The van der Waals surface area contributed by atoms with E-state index >= 15 is 0 Å². The van der Waals surface area contributed by atoms with Crippen molar-refractivity contribution in [2.45, 2.75) is 102 Å². The smallest absolute Gasteiger partial charge is 0.414 e. The Bertz CT molecular complexity index is 786. The molecule has 4 aliphatic heterocycles. The maximum atomic E-state index is 12.1. The summed E-state index contributed by atoms with van der Waals surface area (Å²) in [7, 11) is 0. The van der Waals surface area contributed by atoms with Gasteiger partial charge in [-0.05, 0) is 80.1 Å². The van der Waals surface area contributed by atoms with Crippen LogP contribution >= 0.6 is 0 Å². The van der Waals surface area contributed by atoms with E-state index in [9.17, 15) is 9.59 Å². The summed E-state index contributed by atoms with van der Waals surface area (Å²) in [5.74, 6) is -3.65. The molecule has 0 aliphatic carbocycles. The molecule has 2 spiro atoms. The number of carboxylic acid groups (broad SMARTS) is 2. The van der Waals surface area contributed by atoms with Crippen molar-refractivity contribution in [3.8, 4) is 0 Å². The number of likely N-dealkylation sites (tertiary alicyclic amines) is 2. The molecule has 4 fully saturated rings. The topological polar surface area (TPSA) is 158 Å². The highest BCUT2D eigenvalue weighted by Gasteiger charge is 2.48. The third kappa shape index (κ3) is 8.72. The molecule has 0 saturated carbocycles. The third-order valence-corrected chi connectivity index (χ3v) is 6.92. The van der Waals surface area contributed by atoms with Crippen molar-refractivity contribution in [2.75, 3.05) is 39.3 Å². The molecule has 0 aromatic rings. The van der Waals surface area contributed by atoms with Crippen LogP contribution in [0.2, 0.25) is 0 Å². The predicted octanol–water partition coefficient (Wildman–Crippen LogP) is 2.65. The number of amides is 2. The molecule has 0 aromatic heterocycles. The molecule has 218 valence electrons. The van der Waals surface area contributed by atoms with Crippen LogP contribution in [0.4, 0.5) is 9.59 Å². The zero-order chi connectivity index (χ0) is 28.8.